The van der Waals surface area contributed by atoms with Gasteiger partial charge in [-0.2, -0.15) is 13.2 Å². The topological polar surface area (TPSA) is 60.0 Å². The highest BCUT2D eigenvalue weighted by molar-refractivity contribution is 14.0. The number of likely N-dealkylation sites (tertiary alicyclic amines) is 2. The van der Waals surface area contributed by atoms with Crippen molar-refractivity contribution in [1.29, 1.82) is 0 Å². The molecule has 2 heterocycles. The third kappa shape index (κ3) is 7.29. The molecule has 0 aromatic heterocycles. The number of hydrogen-bond acceptors (Lipinski definition) is 3. The molecule has 2 fully saturated rings. The minimum absolute atomic E-state index is 0. The molecular weight excluding hydrogens is 510 g/mol. The number of amides is 1. The van der Waals surface area contributed by atoms with Crippen LogP contribution in [-0.4, -0.2) is 67.1 Å². The van der Waals surface area contributed by atoms with Gasteiger partial charge in [0.2, 0.25) is 5.91 Å². The molecule has 30 heavy (non-hydrogen) atoms. The summed E-state index contributed by atoms with van der Waals surface area (Å²) in [7, 11) is 1.65. The van der Waals surface area contributed by atoms with Crippen LogP contribution >= 0.6 is 24.0 Å². The number of carbonyl (C=O) groups excluding carboxylic acids is 1. The molecule has 168 valence electrons. The molecule has 0 spiro atoms. The molecular formula is C20H29F3IN5O. The van der Waals surface area contributed by atoms with Gasteiger partial charge in [0, 0.05) is 52.2 Å². The summed E-state index contributed by atoms with van der Waals surface area (Å²) in [6.07, 6.45) is -2.01. The first-order valence-electron chi connectivity index (χ1n) is 9.95. The predicted molar refractivity (Wildman–Crippen MR) is 121 cm³/mol. The molecule has 2 aliphatic rings. The van der Waals surface area contributed by atoms with Gasteiger partial charge < -0.3 is 15.5 Å². The number of alkyl halides is 3. The Morgan fingerprint density at radius 2 is 1.97 bits per heavy atom. The summed E-state index contributed by atoms with van der Waals surface area (Å²) in [6, 6.07) is 7.87. The van der Waals surface area contributed by atoms with Crippen LogP contribution in [-0.2, 0) is 17.9 Å². The zero-order valence-electron chi connectivity index (χ0n) is 17.0. The molecule has 2 N–H and O–H groups in total. The molecule has 10 heteroatoms. The van der Waals surface area contributed by atoms with Crippen molar-refractivity contribution in [3.63, 3.8) is 0 Å². The minimum atomic E-state index is -4.17. The summed E-state index contributed by atoms with van der Waals surface area (Å²) in [6.45, 7) is 1.79. The standard InChI is InChI=1S/C20H28F3N5O.HI/c1-24-19(26-17-8-10-27(13-17)14-20(21,22)23)25-11-15-5-2-3-6-16(15)12-28-9-4-7-18(28)29;/h2-3,5-6,17H,4,7-14H2,1H3,(H2,24,25,26);1H. The highest BCUT2D eigenvalue weighted by Crippen LogP contribution is 2.20. The third-order valence-corrected chi connectivity index (χ3v) is 5.34. The van der Waals surface area contributed by atoms with Gasteiger partial charge in [-0.3, -0.25) is 14.7 Å². The average molecular weight is 539 g/mol. The van der Waals surface area contributed by atoms with Crippen molar-refractivity contribution in [1.82, 2.24) is 20.4 Å². The Morgan fingerprint density at radius 3 is 2.60 bits per heavy atom. The number of nitrogens with zero attached hydrogens (tertiary/aromatic N) is 3. The average Bonchev–Trinajstić information content (AvgIpc) is 3.27. The van der Waals surface area contributed by atoms with E-state index >= 15 is 0 Å². The van der Waals surface area contributed by atoms with Crippen LogP contribution in [0.4, 0.5) is 13.2 Å². The van der Waals surface area contributed by atoms with E-state index < -0.39 is 12.7 Å². The molecule has 0 aliphatic carbocycles. The second-order valence-electron chi connectivity index (χ2n) is 7.59. The van der Waals surface area contributed by atoms with Crippen molar-refractivity contribution in [2.24, 2.45) is 4.99 Å². The van der Waals surface area contributed by atoms with Crippen LogP contribution < -0.4 is 10.6 Å². The molecule has 1 unspecified atom stereocenters. The Balaban J connectivity index is 0.00000320. The first-order valence-corrected chi connectivity index (χ1v) is 9.95. The molecule has 0 bridgehead atoms. The molecule has 2 aliphatic heterocycles. The largest absolute Gasteiger partial charge is 0.401 e. The summed E-state index contributed by atoms with van der Waals surface area (Å²) >= 11 is 0. The van der Waals surface area contributed by atoms with Crippen LogP contribution in [0.1, 0.15) is 30.4 Å². The fourth-order valence-electron chi connectivity index (χ4n) is 3.88. The van der Waals surface area contributed by atoms with E-state index in [9.17, 15) is 18.0 Å². The Kier molecular flexibility index (Phi) is 9.20. The molecule has 6 nitrogen and oxygen atoms in total. The minimum Gasteiger partial charge on any atom is -0.352 e. The maximum Gasteiger partial charge on any atom is 0.401 e. The van der Waals surface area contributed by atoms with E-state index in [0.29, 0.717) is 45.0 Å². The van der Waals surface area contributed by atoms with Crippen LogP contribution in [0.2, 0.25) is 0 Å². The number of hydrogen-bond donors (Lipinski definition) is 2. The summed E-state index contributed by atoms with van der Waals surface area (Å²) in [4.78, 5) is 19.4. The van der Waals surface area contributed by atoms with Crippen molar-refractivity contribution < 1.29 is 18.0 Å². The monoisotopic (exact) mass is 539 g/mol. The molecule has 1 amide bonds. The predicted octanol–water partition coefficient (Wildman–Crippen LogP) is 2.73. The van der Waals surface area contributed by atoms with Crippen LogP contribution in [0.3, 0.4) is 0 Å². The number of guanidine groups is 1. The normalized spacial score (nSPS) is 20.4. The summed E-state index contributed by atoms with van der Waals surface area (Å²) in [5.41, 5.74) is 2.16. The molecule has 2 saturated heterocycles. The Hall–Kier alpha value is -1.56. The number of benzene rings is 1. The van der Waals surface area contributed by atoms with Gasteiger partial charge in [-0.05, 0) is 24.0 Å². The smallest absolute Gasteiger partial charge is 0.352 e. The van der Waals surface area contributed by atoms with Crippen molar-refractivity contribution >= 4 is 35.8 Å². The van der Waals surface area contributed by atoms with E-state index in [4.69, 9.17) is 0 Å². The van der Waals surface area contributed by atoms with Crippen LogP contribution in [0.15, 0.2) is 29.3 Å². The third-order valence-electron chi connectivity index (χ3n) is 5.34. The first kappa shape index (κ1) is 24.7. The molecule has 0 saturated carbocycles. The summed E-state index contributed by atoms with van der Waals surface area (Å²) in [5, 5.41) is 6.46. The van der Waals surface area contributed by atoms with E-state index in [1.807, 2.05) is 29.2 Å². The van der Waals surface area contributed by atoms with Gasteiger partial charge >= 0.3 is 6.18 Å². The maximum absolute atomic E-state index is 12.6. The zero-order valence-corrected chi connectivity index (χ0v) is 19.4. The highest BCUT2D eigenvalue weighted by atomic mass is 127. The lowest BCUT2D eigenvalue weighted by Gasteiger charge is -2.21. The van der Waals surface area contributed by atoms with E-state index in [2.05, 4.69) is 15.6 Å². The fraction of sp³-hybridized carbons (Fsp3) is 0.600. The van der Waals surface area contributed by atoms with Crippen LogP contribution in [0, 0.1) is 0 Å². The van der Waals surface area contributed by atoms with Crippen LogP contribution in [0.25, 0.3) is 0 Å². The molecule has 1 aromatic rings. The lowest BCUT2D eigenvalue weighted by atomic mass is 10.1. The van der Waals surface area contributed by atoms with Gasteiger partial charge in [0.25, 0.3) is 0 Å². The Morgan fingerprint density at radius 1 is 1.23 bits per heavy atom. The van der Waals surface area contributed by atoms with Crippen molar-refractivity contribution in [2.75, 3.05) is 33.2 Å². The quantitative estimate of drug-likeness (QED) is 0.332. The van der Waals surface area contributed by atoms with Gasteiger partial charge in [0.05, 0.1) is 6.54 Å². The van der Waals surface area contributed by atoms with Gasteiger partial charge in [0.15, 0.2) is 5.96 Å². The maximum atomic E-state index is 12.6. The highest BCUT2D eigenvalue weighted by Gasteiger charge is 2.34. The number of carbonyl (C=O) groups is 1. The van der Waals surface area contributed by atoms with Crippen molar-refractivity contribution in [3.8, 4) is 0 Å². The number of aliphatic imine (C=N–C) groups is 1. The van der Waals surface area contributed by atoms with Gasteiger partial charge in [0.1, 0.15) is 0 Å². The molecule has 1 atom stereocenters. The van der Waals surface area contributed by atoms with E-state index in [1.54, 1.807) is 7.05 Å². The zero-order chi connectivity index (χ0) is 20.9. The van der Waals surface area contributed by atoms with Gasteiger partial charge in [-0.25, -0.2) is 0 Å². The first-order chi connectivity index (χ1) is 13.8. The van der Waals surface area contributed by atoms with E-state index in [-0.39, 0.29) is 35.9 Å². The number of nitrogens with one attached hydrogen (secondary N) is 2. The van der Waals surface area contributed by atoms with Crippen molar-refractivity contribution in [2.45, 2.75) is 44.6 Å². The lowest BCUT2D eigenvalue weighted by molar-refractivity contribution is -0.143. The van der Waals surface area contributed by atoms with Crippen molar-refractivity contribution in [3.05, 3.63) is 35.4 Å². The molecule has 3 rings (SSSR count). The van der Waals surface area contributed by atoms with E-state index in [1.165, 1.54) is 4.90 Å². The number of rotatable bonds is 6. The van der Waals surface area contributed by atoms with E-state index in [0.717, 1.165) is 24.1 Å². The lowest BCUT2D eigenvalue weighted by Crippen LogP contribution is -2.45. The summed E-state index contributed by atoms with van der Waals surface area (Å²) < 4.78 is 37.7. The number of halogens is 4. The molecule has 1 aromatic carbocycles. The Labute approximate surface area is 192 Å². The second-order valence-corrected chi connectivity index (χ2v) is 7.59. The summed E-state index contributed by atoms with van der Waals surface area (Å²) in [5.74, 6) is 0.755. The second kappa shape index (κ2) is 11.2. The Bertz CT molecular complexity index is 743. The van der Waals surface area contributed by atoms with Gasteiger partial charge in [-0.1, -0.05) is 24.3 Å². The van der Waals surface area contributed by atoms with Gasteiger partial charge in [-0.15, -0.1) is 24.0 Å². The fourth-order valence-corrected chi connectivity index (χ4v) is 3.88. The van der Waals surface area contributed by atoms with Crippen LogP contribution in [0.5, 0.6) is 0 Å². The SMILES string of the molecule is CN=C(NCc1ccccc1CN1CCCC1=O)NC1CCN(CC(F)(F)F)C1.I. The molecule has 0 radical (unpaired) electrons.